The number of nitrogens with one attached hydrogen (secondary N) is 1. The molecule has 5 rings (SSSR count). The minimum Gasteiger partial charge on any atom is -0.457 e. The predicted octanol–water partition coefficient (Wildman–Crippen LogP) is 3.37. The van der Waals surface area contributed by atoms with Crippen LogP contribution in [0.1, 0.15) is 16.8 Å². The Balaban J connectivity index is 1.53. The first kappa shape index (κ1) is 18.2. The molecule has 150 valence electrons. The van der Waals surface area contributed by atoms with Crippen LogP contribution in [0.2, 0.25) is 0 Å². The number of benzene rings is 2. The maximum absolute atomic E-state index is 12.3. The van der Waals surface area contributed by atoms with Gasteiger partial charge in [-0.3, -0.25) is 4.79 Å². The quantitative estimate of drug-likeness (QED) is 0.623. The minimum atomic E-state index is -0.525. The van der Waals surface area contributed by atoms with Crippen LogP contribution in [0.15, 0.2) is 72.3 Å². The number of hydrogen-bond acceptors (Lipinski definition) is 5. The van der Waals surface area contributed by atoms with E-state index in [0.717, 1.165) is 22.6 Å². The van der Waals surface area contributed by atoms with Gasteiger partial charge in [0.2, 0.25) is 0 Å². The Morgan fingerprint density at radius 3 is 2.57 bits per heavy atom. The summed E-state index contributed by atoms with van der Waals surface area (Å²) in [4.78, 5) is 12.3. The van der Waals surface area contributed by atoms with E-state index in [1.165, 1.54) is 0 Å². The molecule has 1 aromatic heterocycles. The van der Waals surface area contributed by atoms with Gasteiger partial charge in [-0.2, -0.15) is 5.10 Å². The fraction of sp³-hybridized carbons (Fsp3) is 0.130. The van der Waals surface area contributed by atoms with Crippen LogP contribution < -0.4 is 21.5 Å². The largest absolute Gasteiger partial charge is 0.457 e. The van der Waals surface area contributed by atoms with Crippen molar-refractivity contribution < 1.29 is 9.53 Å². The third-order valence-corrected chi connectivity index (χ3v) is 5.28. The normalized spacial score (nSPS) is 17.2. The van der Waals surface area contributed by atoms with Gasteiger partial charge in [0.1, 0.15) is 28.6 Å². The van der Waals surface area contributed by atoms with Gasteiger partial charge in [0.15, 0.2) is 0 Å². The van der Waals surface area contributed by atoms with Gasteiger partial charge in [0.25, 0.3) is 5.91 Å². The molecule has 1 aliphatic heterocycles. The molecule has 30 heavy (non-hydrogen) atoms. The van der Waals surface area contributed by atoms with Crippen molar-refractivity contribution in [3.63, 3.8) is 0 Å². The Morgan fingerprint density at radius 2 is 1.83 bits per heavy atom. The van der Waals surface area contributed by atoms with Gasteiger partial charge < -0.3 is 21.5 Å². The number of rotatable bonds is 4. The number of carbonyl (C=O) groups is 1. The number of nitrogens with two attached hydrogens (primary N) is 2. The Bertz CT molecular complexity index is 1180. The zero-order valence-corrected chi connectivity index (χ0v) is 16.2. The molecule has 0 bridgehead atoms. The molecule has 0 fully saturated rings. The van der Waals surface area contributed by atoms with Crippen LogP contribution in [-0.2, 0) is 0 Å². The lowest BCUT2D eigenvalue weighted by atomic mass is 9.98. The van der Waals surface area contributed by atoms with Crippen molar-refractivity contribution in [2.75, 3.05) is 11.9 Å². The fourth-order valence-corrected chi connectivity index (χ4v) is 3.84. The van der Waals surface area contributed by atoms with E-state index in [1.54, 1.807) is 4.68 Å². The number of fused-ring (bicyclic) bond motifs is 2. The molecule has 3 aromatic rings. The molecule has 5 N–H and O–H groups in total. The first-order valence-electron chi connectivity index (χ1n) is 9.76. The van der Waals surface area contributed by atoms with Gasteiger partial charge in [-0.1, -0.05) is 30.4 Å². The van der Waals surface area contributed by atoms with Gasteiger partial charge in [-0.25, -0.2) is 4.68 Å². The number of ether oxygens (including phenoxy) is 1. The Hall–Kier alpha value is -3.84. The van der Waals surface area contributed by atoms with Crippen LogP contribution in [-0.4, -0.2) is 28.3 Å². The Kier molecular flexibility index (Phi) is 4.37. The number of primary amides is 1. The van der Waals surface area contributed by atoms with Crippen molar-refractivity contribution >= 4 is 17.4 Å². The molecule has 2 aromatic carbocycles. The second kappa shape index (κ2) is 7.20. The topological polar surface area (TPSA) is 108 Å². The van der Waals surface area contributed by atoms with Crippen molar-refractivity contribution in [2.45, 2.75) is 12.5 Å². The van der Waals surface area contributed by atoms with E-state index >= 15 is 0 Å². The number of hydrogen-bond donors (Lipinski definition) is 3. The molecule has 1 amide bonds. The van der Waals surface area contributed by atoms with Gasteiger partial charge in [-0.15, -0.1) is 0 Å². The molecule has 1 atom stereocenters. The first-order chi connectivity index (χ1) is 14.6. The van der Waals surface area contributed by atoms with E-state index in [-0.39, 0.29) is 6.04 Å². The second-order valence-corrected chi connectivity index (χ2v) is 7.34. The zero-order chi connectivity index (χ0) is 20.7. The fourth-order valence-electron chi connectivity index (χ4n) is 3.84. The number of aromatic nitrogens is 2. The average Bonchev–Trinajstić information content (AvgIpc) is 3.15. The highest BCUT2D eigenvalue weighted by molar-refractivity contribution is 6.04. The Labute approximate surface area is 173 Å². The van der Waals surface area contributed by atoms with Crippen LogP contribution in [0.25, 0.3) is 17.0 Å². The molecule has 1 aliphatic carbocycles. The average molecular weight is 399 g/mol. The second-order valence-electron chi connectivity index (χ2n) is 7.34. The SMILES string of the molecule is NC(=O)c1c(-c2ccc(Oc3ccccc3)cc2)nn2c1NCC1=C2CC(N)C=C1. The third kappa shape index (κ3) is 3.15. The summed E-state index contributed by atoms with van der Waals surface area (Å²) in [5.74, 6) is 1.54. The highest BCUT2D eigenvalue weighted by atomic mass is 16.5. The maximum atomic E-state index is 12.3. The molecule has 0 saturated carbocycles. The number of anilines is 1. The van der Waals surface area contributed by atoms with E-state index in [2.05, 4.69) is 5.32 Å². The van der Waals surface area contributed by atoms with Gasteiger partial charge >= 0.3 is 0 Å². The predicted molar refractivity (Wildman–Crippen MR) is 116 cm³/mol. The molecule has 0 saturated heterocycles. The molecule has 2 aliphatic rings. The van der Waals surface area contributed by atoms with Crippen molar-refractivity contribution in [1.29, 1.82) is 0 Å². The monoisotopic (exact) mass is 399 g/mol. The summed E-state index contributed by atoms with van der Waals surface area (Å²) in [6, 6.07) is 16.9. The van der Waals surface area contributed by atoms with Crippen LogP contribution in [0.5, 0.6) is 11.5 Å². The highest BCUT2D eigenvalue weighted by Crippen LogP contribution is 2.37. The molecular weight excluding hydrogens is 378 g/mol. The molecular formula is C23H21N5O2. The summed E-state index contributed by atoms with van der Waals surface area (Å²) in [5.41, 5.74) is 15.6. The lowest BCUT2D eigenvalue weighted by Crippen LogP contribution is -2.28. The molecule has 0 radical (unpaired) electrons. The van der Waals surface area contributed by atoms with E-state index in [0.29, 0.717) is 35.8 Å². The number of carbonyl (C=O) groups excluding carboxylic acids is 1. The van der Waals surface area contributed by atoms with Gasteiger partial charge in [0, 0.05) is 24.6 Å². The van der Waals surface area contributed by atoms with Crippen LogP contribution in [0, 0.1) is 0 Å². The van der Waals surface area contributed by atoms with E-state index in [4.69, 9.17) is 21.3 Å². The summed E-state index contributed by atoms with van der Waals surface area (Å²) in [6.07, 6.45) is 4.65. The van der Waals surface area contributed by atoms with Gasteiger partial charge in [0.05, 0.1) is 5.70 Å². The zero-order valence-electron chi connectivity index (χ0n) is 16.2. The van der Waals surface area contributed by atoms with Crippen LogP contribution in [0.4, 0.5) is 5.82 Å². The highest BCUT2D eigenvalue weighted by Gasteiger charge is 2.30. The van der Waals surface area contributed by atoms with E-state index in [1.807, 2.05) is 66.7 Å². The van der Waals surface area contributed by atoms with Crippen molar-refractivity contribution in [3.8, 4) is 22.8 Å². The molecule has 7 nitrogen and oxygen atoms in total. The van der Waals surface area contributed by atoms with Gasteiger partial charge in [-0.05, 0) is 42.0 Å². The summed E-state index contributed by atoms with van der Waals surface area (Å²) in [6.45, 7) is 0.605. The van der Waals surface area contributed by atoms with E-state index in [9.17, 15) is 4.79 Å². The Morgan fingerprint density at radius 1 is 1.10 bits per heavy atom. The van der Waals surface area contributed by atoms with Crippen LogP contribution in [0.3, 0.4) is 0 Å². The summed E-state index contributed by atoms with van der Waals surface area (Å²) >= 11 is 0. The van der Waals surface area contributed by atoms with E-state index < -0.39 is 5.91 Å². The van der Waals surface area contributed by atoms with Crippen LogP contribution >= 0.6 is 0 Å². The number of para-hydroxylation sites is 1. The lowest BCUT2D eigenvalue weighted by molar-refractivity contribution is 0.100. The van der Waals surface area contributed by atoms with Crippen molar-refractivity contribution in [2.24, 2.45) is 11.5 Å². The van der Waals surface area contributed by atoms with Crippen molar-refractivity contribution in [1.82, 2.24) is 9.78 Å². The minimum absolute atomic E-state index is 0.0752. The third-order valence-electron chi connectivity index (χ3n) is 5.28. The summed E-state index contributed by atoms with van der Waals surface area (Å²) in [7, 11) is 0. The molecule has 2 heterocycles. The molecule has 0 spiro atoms. The lowest BCUT2D eigenvalue weighted by Gasteiger charge is -2.26. The standard InChI is InChI=1S/C23H21N5O2/c24-16-9-6-15-13-26-23-20(22(25)29)21(27-28(23)19(15)12-16)14-7-10-18(11-8-14)30-17-4-2-1-3-5-17/h1-11,16,26H,12-13,24H2,(H2,25,29). The summed E-state index contributed by atoms with van der Waals surface area (Å²) < 4.78 is 7.62. The van der Waals surface area contributed by atoms with Crippen molar-refractivity contribution in [3.05, 3.63) is 77.9 Å². The molecule has 1 unspecified atom stereocenters. The first-order valence-corrected chi connectivity index (χ1v) is 9.76. The maximum Gasteiger partial charge on any atom is 0.254 e. The number of nitrogens with zero attached hydrogens (tertiary/aromatic N) is 2. The smallest absolute Gasteiger partial charge is 0.254 e. The summed E-state index contributed by atoms with van der Waals surface area (Å²) in [5, 5.41) is 8.03. The number of amides is 1. The molecule has 7 heteroatoms.